The summed E-state index contributed by atoms with van der Waals surface area (Å²) in [6.45, 7) is 5.62. The number of ether oxygens (including phenoxy) is 4. The molecule has 1 N–H and O–H groups in total. The molecule has 0 aliphatic carbocycles. The lowest BCUT2D eigenvalue weighted by Gasteiger charge is -2.47. The Morgan fingerprint density at radius 3 is 2.32 bits per heavy atom. The lowest BCUT2D eigenvalue weighted by Crippen LogP contribution is -2.62. The van der Waals surface area contributed by atoms with Gasteiger partial charge in [0, 0.05) is 10.5 Å². The maximum absolute atomic E-state index is 12.7. The number of thioether (sulfide) groups is 1. The van der Waals surface area contributed by atoms with Gasteiger partial charge in [0.25, 0.3) is 0 Å². The summed E-state index contributed by atoms with van der Waals surface area (Å²) in [5.41, 5.74) is -0.474. The van der Waals surface area contributed by atoms with E-state index in [0.29, 0.717) is 0 Å². The van der Waals surface area contributed by atoms with Crippen LogP contribution >= 0.6 is 11.8 Å². The molecule has 2 aliphatic rings. The molecule has 0 amide bonds. The van der Waals surface area contributed by atoms with Crippen molar-refractivity contribution < 1.29 is 28.8 Å². The normalized spacial score (nSPS) is 31.0. The minimum Gasteiger partial charge on any atom is -0.456 e. The van der Waals surface area contributed by atoms with Crippen LogP contribution in [0.15, 0.2) is 65.6 Å². The molecule has 7 heteroatoms. The molecule has 31 heavy (non-hydrogen) atoms. The highest BCUT2D eigenvalue weighted by atomic mass is 32.2. The number of benzene rings is 2. The molecule has 0 saturated carbocycles. The molecule has 166 valence electrons. The van der Waals surface area contributed by atoms with Crippen LogP contribution < -0.4 is 0 Å². The smallest absolute Gasteiger partial charge is 0.311 e. The number of esters is 1. The predicted octanol–water partition coefficient (Wildman–Crippen LogP) is 3.94. The van der Waals surface area contributed by atoms with Crippen molar-refractivity contribution in [1.29, 1.82) is 0 Å². The zero-order valence-corrected chi connectivity index (χ0v) is 18.7. The number of aliphatic hydroxyl groups excluding tert-OH is 1. The van der Waals surface area contributed by atoms with Crippen molar-refractivity contribution in [3.05, 3.63) is 66.2 Å². The molecule has 2 aromatic carbocycles. The SMILES string of the molecule is CC(C)(C)C(=O)O[C@@H]1[C@@H](O)[C@H](Sc2ccccc2)O[C@@H]2COC(c3ccccc3)O[C@H]12. The van der Waals surface area contributed by atoms with E-state index >= 15 is 0 Å². The Labute approximate surface area is 186 Å². The van der Waals surface area contributed by atoms with E-state index in [1.807, 2.05) is 60.7 Å². The summed E-state index contributed by atoms with van der Waals surface area (Å²) >= 11 is 1.39. The van der Waals surface area contributed by atoms with Gasteiger partial charge in [-0.1, -0.05) is 60.3 Å². The van der Waals surface area contributed by atoms with Gasteiger partial charge in [0.2, 0.25) is 0 Å². The number of hydrogen-bond donors (Lipinski definition) is 1. The van der Waals surface area contributed by atoms with E-state index in [2.05, 4.69) is 0 Å². The lowest BCUT2D eigenvalue weighted by atomic mass is 9.95. The van der Waals surface area contributed by atoms with Crippen LogP contribution in [0.25, 0.3) is 0 Å². The number of carbonyl (C=O) groups is 1. The average Bonchev–Trinajstić information content (AvgIpc) is 2.77. The monoisotopic (exact) mass is 444 g/mol. The Kier molecular flexibility index (Phi) is 6.69. The number of fused-ring (bicyclic) bond motifs is 1. The van der Waals surface area contributed by atoms with Gasteiger partial charge in [-0.2, -0.15) is 0 Å². The molecule has 4 rings (SSSR count). The highest BCUT2D eigenvalue weighted by Gasteiger charge is 2.52. The first kappa shape index (κ1) is 22.3. The second kappa shape index (κ2) is 9.30. The Hall–Kier alpha value is -1.90. The Bertz CT molecular complexity index is 869. The third-order valence-electron chi connectivity index (χ3n) is 5.23. The summed E-state index contributed by atoms with van der Waals surface area (Å²) in [5, 5.41) is 11.2. The number of rotatable bonds is 4. The Morgan fingerprint density at radius 2 is 1.68 bits per heavy atom. The van der Waals surface area contributed by atoms with Gasteiger partial charge >= 0.3 is 5.97 Å². The summed E-state index contributed by atoms with van der Waals surface area (Å²) < 4.78 is 24.1. The fourth-order valence-electron chi connectivity index (χ4n) is 3.51. The molecule has 0 aromatic heterocycles. The Morgan fingerprint density at radius 1 is 1.03 bits per heavy atom. The third-order valence-corrected chi connectivity index (χ3v) is 6.40. The molecule has 2 saturated heterocycles. The van der Waals surface area contributed by atoms with Crippen molar-refractivity contribution in [2.75, 3.05) is 6.61 Å². The number of carbonyl (C=O) groups excluding carboxylic acids is 1. The first-order valence-corrected chi connectivity index (χ1v) is 11.3. The zero-order chi connectivity index (χ0) is 22.0. The van der Waals surface area contributed by atoms with Crippen molar-refractivity contribution in [2.24, 2.45) is 5.41 Å². The van der Waals surface area contributed by atoms with Gasteiger partial charge in [-0.25, -0.2) is 0 Å². The third kappa shape index (κ3) is 5.13. The minimum atomic E-state index is -1.06. The largest absolute Gasteiger partial charge is 0.456 e. The molecule has 6 atom stereocenters. The molecule has 0 radical (unpaired) electrons. The topological polar surface area (TPSA) is 74.2 Å². The van der Waals surface area contributed by atoms with Gasteiger partial charge in [0.05, 0.1) is 12.0 Å². The maximum Gasteiger partial charge on any atom is 0.311 e. The Balaban J connectivity index is 1.57. The molecule has 6 nitrogen and oxygen atoms in total. The molecular weight excluding hydrogens is 416 g/mol. The van der Waals surface area contributed by atoms with Gasteiger partial charge in [-0.05, 0) is 32.9 Å². The minimum absolute atomic E-state index is 0.270. The fourth-order valence-corrected chi connectivity index (χ4v) is 4.58. The molecule has 1 unspecified atom stereocenters. The molecule has 2 aromatic rings. The van der Waals surface area contributed by atoms with Crippen molar-refractivity contribution >= 4 is 17.7 Å². The van der Waals surface area contributed by atoms with E-state index in [-0.39, 0.29) is 6.61 Å². The van der Waals surface area contributed by atoms with Gasteiger partial charge in [0.1, 0.15) is 23.7 Å². The molecular formula is C24H28O6S. The van der Waals surface area contributed by atoms with Crippen molar-refractivity contribution in [1.82, 2.24) is 0 Å². The van der Waals surface area contributed by atoms with Crippen LogP contribution in [0.2, 0.25) is 0 Å². The highest BCUT2D eigenvalue weighted by Crippen LogP contribution is 2.40. The summed E-state index contributed by atoms with van der Waals surface area (Å²) in [4.78, 5) is 13.7. The zero-order valence-electron chi connectivity index (χ0n) is 17.8. The molecule has 2 fully saturated rings. The summed E-state index contributed by atoms with van der Waals surface area (Å²) in [6, 6.07) is 19.2. The van der Waals surface area contributed by atoms with Crippen molar-refractivity contribution in [2.45, 2.75) is 61.8 Å². The number of hydrogen-bond acceptors (Lipinski definition) is 7. The number of aliphatic hydroxyl groups is 1. The van der Waals surface area contributed by atoms with Gasteiger partial charge < -0.3 is 24.1 Å². The molecule has 2 aliphatic heterocycles. The second-order valence-corrected chi connectivity index (χ2v) is 9.93. The molecule has 0 spiro atoms. The molecule has 2 heterocycles. The highest BCUT2D eigenvalue weighted by molar-refractivity contribution is 7.99. The average molecular weight is 445 g/mol. The molecule has 0 bridgehead atoms. The van der Waals surface area contributed by atoms with Crippen LogP contribution in [0.4, 0.5) is 0 Å². The van der Waals surface area contributed by atoms with Crippen molar-refractivity contribution in [3.8, 4) is 0 Å². The second-order valence-electron chi connectivity index (χ2n) is 8.76. The first-order chi connectivity index (χ1) is 14.8. The van der Waals surface area contributed by atoms with Crippen LogP contribution in [0, 0.1) is 5.41 Å². The standard InChI is InChI=1S/C24H28O6S/c1-24(2,3)23(26)30-20-18(25)22(31-16-12-8-5-9-13-16)28-17-14-27-21(29-19(17)20)15-10-6-4-7-11-15/h4-13,17-22,25H,14H2,1-3H3/t17-,18-,19+,20-,21?,22+/m1/s1. The van der Waals surface area contributed by atoms with Gasteiger partial charge in [0.15, 0.2) is 12.4 Å². The van der Waals surface area contributed by atoms with Crippen LogP contribution in [0.3, 0.4) is 0 Å². The predicted molar refractivity (Wildman–Crippen MR) is 116 cm³/mol. The first-order valence-electron chi connectivity index (χ1n) is 10.4. The van der Waals surface area contributed by atoms with E-state index in [1.54, 1.807) is 20.8 Å². The van der Waals surface area contributed by atoms with Crippen LogP contribution in [-0.2, 0) is 23.7 Å². The summed E-state index contributed by atoms with van der Waals surface area (Å²) in [6.07, 6.45) is -3.67. The van der Waals surface area contributed by atoms with Gasteiger partial charge in [-0.3, -0.25) is 4.79 Å². The van der Waals surface area contributed by atoms with Crippen LogP contribution in [0.5, 0.6) is 0 Å². The van der Waals surface area contributed by atoms with E-state index in [9.17, 15) is 9.90 Å². The van der Waals surface area contributed by atoms with Crippen molar-refractivity contribution in [3.63, 3.8) is 0 Å². The van der Waals surface area contributed by atoms with E-state index in [0.717, 1.165) is 10.5 Å². The summed E-state index contributed by atoms with van der Waals surface area (Å²) in [5.74, 6) is -0.396. The van der Waals surface area contributed by atoms with E-state index in [1.165, 1.54) is 11.8 Å². The maximum atomic E-state index is 12.7. The summed E-state index contributed by atoms with van der Waals surface area (Å²) in [7, 11) is 0. The van der Waals surface area contributed by atoms with Crippen LogP contribution in [-0.4, -0.2) is 47.5 Å². The van der Waals surface area contributed by atoms with Gasteiger partial charge in [-0.15, -0.1) is 0 Å². The lowest BCUT2D eigenvalue weighted by molar-refractivity contribution is -0.320. The quantitative estimate of drug-likeness (QED) is 0.716. The van der Waals surface area contributed by atoms with E-state index < -0.39 is 47.5 Å². The fraction of sp³-hybridized carbons (Fsp3) is 0.458. The van der Waals surface area contributed by atoms with E-state index in [4.69, 9.17) is 18.9 Å². The van der Waals surface area contributed by atoms with Crippen LogP contribution in [0.1, 0.15) is 32.6 Å².